The summed E-state index contributed by atoms with van der Waals surface area (Å²) in [6, 6.07) is 3.53. The maximum absolute atomic E-state index is 10.9. The molecular weight excluding hydrogens is 344 g/mol. The van der Waals surface area contributed by atoms with Gasteiger partial charge in [0, 0.05) is 6.20 Å². The van der Waals surface area contributed by atoms with E-state index in [0.29, 0.717) is 5.03 Å². The number of rotatable bonds is 3. The highest BCUT2D eigenvalue weighted by molar-refractivity contribution is 9.10. The molecule has 9 heteroatoms. The zero-order valence-corrected chi connectivity index (χ0v) is 11.7. The molecule has 2 heterocycles. The average Bonchev–Trinajstić information content (AvgIpc) is 2.31. The Morgan fingerprint density at radius 3 is 2.78 bits per heavy atom. The van der Waals surface area contributed by atoms with Gasteiger partial charge in [-0.3, -0.25) is 10.1 Å². The first-order chi connectivity index (χ1) is 8.59. The molecule has 0 aliphatic carbocycles. The van der Waals surface area contributed by atoms with Gasteiger partial charge in [0.05, 0.1) is 9.40 Å². The lowest BCUT2D eigenvalue weighted by Gasteiger charge is -2.03. The fourth-order valence-corrected chi connectivity index (χ4v) is 2.69. The highest BCUT2D eigenvalue weighted by Gasteiger charge is 2.23. The number of aromatic nitrogens is 3. The van der Waals surface area contributed by atoms with Crippen LogP contribution in [0, 0.1) is 10.1 Å². The van der Waals surface area contributed by atoms with Crippen molar-refractivity contribution in [3.05, 3.63) is 44.4 Å². The fraction of sp³-hybridized carbons (Fsp3) is 0. The maximum Gasteiger partial charge on any atom is 0.338 e. The van der Waals surface area contributed by atoms with Gasteiger partial charge in [0.2, 0.25) is 5.15 Å². The van der Waals surface area contributed by atoms with Gasteiger partial charge in [-0.1, -0.05) is 11.6 Å². The Bertz CT molecular complexity index is 613. The molecule has 0 saturated carbocycles. The number of nitro groups is 1. The first-order valence-electron chi connectivity index (χ1n) is 4.53. The molecule has 0 N–H and O–H groups in total. The van der Waals surface area contributed by atoms with Gasteiger partial charge in [-0.25, -0.2) is 15.0 Å². The van der Waals surface area contributed by atoms with Gasteiger partial charge in [0.15, 0.2) is 5.03 Å². The predicted molar refractivity (Wildman–Crippen MR) is 69.8 cm³/mol. The van der Waals surface area contributed by atoms with E-state index in [4.69, 9.17) is 11.6 Å². The normalized spacial score (nSPS) is 10.3. The van der Waals surface area contributed by atoms with Gasteiger partial charge < -0.3 is 0 Å². The Morgan fingerprint density at radius 2 is 2.11 bits per heavy atom. The van der Waals surface area contributed by atoms with E-state index < -0.39 is 4.92 Å². The van der Waals surface area contributed by atoms with E-state index in [1.807, 2.05) is 0 Å². The third-order valence-corrected chi connectivity index (χ3v) is 4.03. The van der Waals surface area contributed by atoms with Crippen LogP contribution in [0.2, 0.25) is 5.15 Å². The van der Waals surface area contributed by atoms with E-state index in [9.17, 15) is 10.1 Å². The second-order valence-electron chi connectivity index (χ2n) is 2.97. The van der Waals surface area contributed by atoms with Crippen molar-refractivity contribution in [2.45, 2.75) is 10.1 Å². The number of nitrogens with zero attached hydrogens (tertiary/aromatic N) is 4. The van der Waals surface area contributed by atoms with Gasteiger partial charge in [-0.2, -0.15) is 0 Å². The summed E-state index contributed by atoms with van der Waals surface area (Å²) in [6.45, 7) is 0. The Labute approximate surface area is 119 Å². The van der Waals surface area contributed by atoms with Crippen LogP contribution in [0.15, 0.2) is 39.2 Å². The molecule has 0 radical (unpaired) electrons. The Hall–Kier alpha value is -1.25. The molecule has 2 aromatic rings. The van der Waals surface area contributed by atoms with Crippen molar-refractivity contribution in [1.82, 2.24) is 15.0 Å². The van der Waals surface area contributed by atoms with Gasteiger partial charge in [0.1, 0.15) is 11.4 Å². The van der Waals surface area contributed by atoms with E-state index >= 15 is 0 Å². The first-order valence-corrected chi connectivity index (χ1v) is 6.51. The Balaban J connectivity index is 2.44. The van der Waals surface area contributed by atoms with Crippen molar-refractivity contribution >= 4 is 45.0 Å². The fourth-order valence-electron chi connectivity index (χ4n) is 1.11. The molecule has 0 aliphatic heterocycles. The van der Waals surface area contributed by atoms with Crippen molar-refractivity contribution in [3.63, 3.8) is 0 Å². The summed E-state index contributed by atoms with van der Waals surface area (Å²) in [6.07, 6.45) is 2.76. The smallest absolute Gasteiger partial charge is 0.258 e. The Morgan fingerprint density at radius 1 is 1.33 bits per heavy atom. The number of pyridine rings is 1. The molecule has 0 atom stereocenters. The highest BCUT2D eigenvalue weighted by atomic mass is 79.9. The summed E-state index contributed by atoms with van der Waals surface area (Å²) in [5, 5.41) is 11.4. The molecule has 0 bridgehead atoms. The largest absolute Gasteiger partial charge is 0.338 e. The molecule has 0 aliphatic rings. The van der Waals surface area contributed by atoms with Crippen LogP contribution in [-0.4, -0.2) is 19.9 Å². The molecule has 18 heavy (non-hydrogen) atoms. The molecule has 0 unspecified atom stereocenters. The predicted octanol–water partition coefficient (Wildman–Crippen LogP) is 3.35. The SMILES string of the molecule is O=[N+]([O-])c1c(Cl)ncnc1Sc1ncccc1Br. The average molecular weight is 348 g/mol. The summed E-state index contributed by atoms with van der Waals surface area (Å²) < 4.78 is 0.721. The maximum atomic E-state index is 10.9. The molecule has 0 spiro atoms. The molecule has 2 rings (SSSR count). The van der Waals surface area contributed by atoms with Crippen LogP contribution in [-0.2, 0) is 0 Å². The number of hydrogen-bond donors (Lipinski definition) is 0. The minimum Gasteiger partial charge on any atom is -0.258 e. The molecule has 0 aromatic carbocycles. The van der Waals surface area contributed by atoms with Gasteiger partial charge >= 0.3 is 5.69 Å². The van der Waals surface area contributed by atoms with Crippen LogP contribution in [0.4, 0.5) is 5.69 Å². The number of hydrogen-bond acceptors (Lipinski definition) is 6. The van der Waals surface area contributed by atoms with E-state index in [-0.39, 0.29) is 15.9 Å². The van der Waals surface area contributed by atoms with Gasteiger partial charge in [0.25, 0.3) is 0 Å². The van der Waals surface area contributed by atoms with Crippen LogP contribution in [0.5, 0.6) is 0 Å². The quantitative estimate of drug-likeness (QED) is 0.481. The van der Waals surface area contributed by atoms with Gasteiger partial charge in [-0.05, 0) is 39.8 Å². The molecule has 2 aromatic heterocycles. The lowest BCUT2D eigenvalue weighted by molar-refractivity contribution is -0.388. The molecular formula is C9H4BrClN4O2S. The van der Waals surface area contributed by atoms with Crippen molar-refractivity contribution < 1.29 is 4.92 Å². The second kappa shape index (κ2) is 5.59. The van der Waals surface area contributed by atoms with Crippen molar-refractivity contribution in [1.29, 1.82) is 0 Å². The van der Waals surface area contributed by atoms with Crippen molar-refractivity contribution in [2.24, 2.45) is 0 Å². The van der Waals surface area contributed by atoms with Crippen molar-refractivity contribution in [2.75, 3.05) is 0 Å². The van der Waals surface area contributed by atoms with Crippen LogP contribution in [0.1, 0.15) is 0 Å². The molecule has 0 amide bonds. The summed E-state index contributed by atoms with van der Waals surface area (Å²) in [5.74, 6) is 0. The third-order valence-electron chi connectivity index (χ3n) is 1.84. The standard InChI is InChI=1S/C9H4BrClN4O2S/c10-5-2-1-3-12-8(5)18-9-6(15(16)17)7(11)13-4-14-9/h1-4H. The van der Waals surface area contributed by atoms with E-state index in [0.717, 1.165) is 16.2 Å². The minimum absolute atomic E-state index is 0.152. The number of halogens is 2. The van der Waals surface area contributed by atoms with E-state index in [1.165, 1.54) is 6.33 Å². The summed E-state index contributed by atoms with van der Waals surface area (Å²) in [7, 11) is 0. The zero-order valence-electron chi connectivity index (χ0n) is 8.58. The summed E-state index contributed by atoms with van der Waals surface area (Å²) in [4.78, 5) is 21.9. The zero-order chi connectivity index (χ0) is 13.1. The van der Waals surface area contributed by atoms with Crippen molar-refractivity contribution in [3.8, 4) is 0 Å². The minimum atomic E-state index is -0.610. The van der Waals surface area contributed by atoms with Crippen LogP contribution >= 0.6 is 39.3 Å². The van der Waals surface area contributed by atoms with Gasteiger partial charge in [-0.15, -0.1) is 0 Å². The van der Waals surface area contributed by atoms with Crippen LogP contribution in [0.3, 0.4) is 0 Å². The lowest BCUT2D eigenvalue weighted by Crippen LogP contribution is -1.97. The monoisotopic (exact) mass is 346 g/mol. The van der Waals surface area contributed by atoms with Crippen LogP contribution in [0.25, 0.3) is 0 Å². The summed E-state index contributed by atoms with van der Waals surface area (Å²) in [5.41, 5.74) is -0.318. The van der Waals surface area contributed by atoms with E-state index in [1.54, 1.807) is 18.3 Å². The topological polar surface area (TPSA) is 81.8 Å². The first kappa shape index (κ1) is 13.2. The molecule has 0 saturated heterocycles. The second-order valence-corrected chi connectivity index (χ2v) is 5.16. The van der Waals surface area contributed by atoms with E-state index in [2.05, 4.69) is 30.9 Å². The molecule has 6 nitrogen and oxygen atoms in total. The third kappa shape index (κ3) is 2.77. The molecule has 92 valence electrons. The molecule has 0 fully saturated rings. The summed E-state index contributed by atoms with van der Waals surface area (Å²) >= 11 is 10.0. The lowest BCUT2D eigenvalue weighted by atomic mass is 10.5. The van der Waals surface area contributed by atoms with Crippen LogP contribution < -0.4 is 0 Å². The Kier molecular flexibility index (Phi) is 4.10. The highest BCUT2D eigenvalue weighted by Crippen LogP contribution is 2.37.